The first-order valence-corrected chi connectivity index (χ1v) is 6.32. The second kappa shape index (κ2) is 7.11. The van der Waals surface area contributed by atoms with Gasteiger partial charge in [-0.15, -0.1) is 0 Å². The Bertz CT molecular complexity index is 433. The van der Waals surface area contributed by atoms with Crippen LogP contribution in [0.15, 0.2) is 18.2 Å². The van der Waals surface area contributed by atoms with E-state index in [-0.39, 0.29) is 11.9 Å². The lowest BCUT2D eigenvalue weighted by Gasteiger charge is -2.19. The van der Waals surface area contributed by atoms with Crippen molar-refractivity contribution in [1.82, 2.24) is 4.90 Å². The van der Waals surface area contributed by atoms with E-state index in [2.05, 4.69) is 4.90 Å². The van der Waals surface area contributed by atoms with Crippen molar-refractivity contribution < 1.29 is 9.84 Å². The van der Waals surface area contributed by atoms with Gasteiger partial charge in [0, 0.05) is 24.2 Å². The van der Waals surface area contributed by atoms with Crippen LogP contribution >= 0.6 is 0 Å². The predicted octanol–water partition coefficient (Wildman–Crippen LogP) is 1.18. The van der Waals surface area contributed by atoms with Gasteiger partial charge in [-0.2, -0.15) is 0 Å². The van der Waals surface area contributed by atoms with Crippen molar-refractivity contribution in [3.63, 3.8) is 0 Å². The zero-order valence-electron chi connectivity index (χ0n) is 11.8. The maximum absolute atomic E-state index is 9.29. The van der Waals surface area contributed by atoms with Crippen molar-refractivity contribution in [3.8, 4) is 5.75 Å². The lowest BCUT2D eigenvalue weighted by atomic mass is 10.1. The number of hydrogen-bond acceptors (Lipinski definition) is 4. The number of benzene rings is 1. The summed E-state index contributed by atoms with van der Waals surface area (Å²) in [5.74, 6) is 0.837. The third kappa shape index (κ3) is 4.89. The molecule has 106 valence electrons. The molecule has 1 aromatic rings. The number of nitrogens with one attached hydrogen (secondary N) is 1. The van der Waals surface area contributed by atoms with Crippen LogP contribution in [0.4, 0.5) is 0 Å². The van der Waals surface area contributed by atoms with Gasteiger partial charge >= 0.3 is 0 Å². The Kier molecular flexibility index (Phi) is 5.79. The molecule has 0 bridgehead atoms. The molecule has 1 rings (SSSR count). The Hall–Kier alpha value is -1.59. The molecule has 0 aliphatic carbocycles. The Morgan fingerprint density at radius 3 is 2.74 bits per heavy atom. The van der Waals surface area contributed by atoms with Crippen molar-refractivity contribution >= 4 is 5.84 Å². The second-order valence-corrected chi connectivity index (χ2v) is 4.82. The zero-order valence-corrected chi connectivity index (χ0v) is 11.8. The molecule has 0 aliphatic rings. The van der Waals surface area contributed by atoms with E-state index in [0.29, 0.717) is 12.1 Å². The van der Waals surface area contributed by atoms with Crippen molar-refractivity contribution in [1.29, 1.82) is 5.41 Å². The number of rotatable bonds is 7. The molecule has 0 aromatic heterocycles. The average Bonchev–Trinajstić information content (AvgIpc) is 2.36. The summed E-state index contributed by atoms with van der Waals surface area (Å²) in [5.41, 5.74) is 7.18. The Morgan fingerprint density at radius 1 is 1.53 bits per heavy atom. The molecule has 0 radical (unpaired) electrons. The van der Waals surface area contributed by atoms with E-state index in [1.165, 1.54) is 0 Å². The number of aliphatic hydroxyl groups is 1. The molecule has 1 aromatic carbocycles. The van der Waals surface area contributed by atoms with E-state index in [0.717, 1.165) is 24.3 Å². The van der Waals surface area contributed by atoms with Crippen LogP contribution in [0.25, 0.3) is 0 Å². The van der Waals surface area contributed by atoms with Crippen LogP contribution < -0.4 is 10.5 Å². The van der Waals surface area contributed by atoms with E-state index >= 15 is 0 Å². The third-order valence-electron chi connectivity index (χ3n) is 2.96. The van der Waals surface area contributed by atoms with E-state index in [4.69, 9.17) is 15.9 Å². The normalized spacial score (nSPS) is 12.5. The van der Waals surface area contributed by atoms with E-state index < -0.39 is 0 Å². The minimum Gasteiger partial charge on any atom is -0.496 e. The second-order valence-electron chi connectivity index (χ2n) is 4.82. The fraction of sp³-hybridized carbons (Fsp3) is 0.500. The van der Waals surface area contributed by atoms with Crippen molar-refractivity contribution in [2.24, 2.45) is 5.73 Å². The molecular formula is C14H23N3O2. The standard InChI is InChI=1S/C14H23N3O2/c1-10(18)6-7-17(2)9-12-8-11(14(15)16)4-5-13(12)19-3/h4-5,8,10,18H,6-7,9H2,1-3H3,(H3,15,16). The number of methoxy groups -OCH3 is 1. The number of nitrogens with two attached hydrogens (primary N) is 1. The molecule has 5 heteroatoms. The molecule has 1 unspecified atom stereocenters. The van der Waals surface area contributed by atoms with Gasteiger partial charge in [-0.3, -0.25) is 5.41 Å². The van der Waals surface area contributed by atoms with Crippen LogP contribution in [-0.4, -0.2) is 42.6 Å². The van der Waals surface area contributed by atoms with E-state index in [1.807, 2.05) is 19.2 Å². The molecule has 5 nitrogen and oxygen atoms in total. The first-order valence-electron chi connectivity index (χ1n) is 6.32. The molecule has 0 aliphatic heterocycles. The van der Waals surface area contributed by atoms with E-state index in [9.17, 15) is 5.11 Å². The highest BCUT2D eigenvalue weighted by Crippen LogP contribution is 2.21. The van der Waals surface area contributed by atoms with Crippen LogP contribution in [0, 0.1) is 5.41 Å². The van der Waals surface area contributed by atoms with Gasteiger partial charge in [0.05, 0.1) is 13.2 Å². The molecule has 0 saturated heterocycles. The van der Waals surface area contributed by atoms with Crippen LogP contribution in [0.1, 0.15) is 24.5 Å². The van der Waals surface area contributed by atoms with Crippen molar-refractivity contribution in [2.45, 2.75) is 26.0 Å². The molecule has 0 fully saturated rings. The van der Waals surface area contributed by atoms with Crippen LogP contribution in [0.5, 0.6) is 5.75 Å². The summed E-state index contributed by atoms with van der Waals surface area (Å²) >= 11 is 0. The Morgan fingerprint density at radius 2 is 2.21 bits per heavy atom. The van der Waals surface area contributed by atoms with Gasteiger partial charge in [0.15, 0.2) is 0 Å². The SMILES string of the molecule is COc1ccc(C(=N)N)cc1CN(C)CCC(C)O. The van der Waals surface area contributed by atoms with Crippen LogP contribution in [0.2, 0.25) is 0 Å². The largest absolute Gasteiger partial charge is 0.496 e. The quantitative estimate of drug-likeness (QED) is 0.511. The van der Waals surface area contributed by atoms with Gasteiger partial charge in [0.25, 0.3) is 0 Å². The number of aliphatic hydroxyl groups excluding tert-OH is 1. The Balaban J connectivity index is 2.79. The summed E-state index contributed by atoms with van der Waals surface area (Å²) < 4.78 is 5.32. The topological polar surface area (TPSA) is 82.6 Å². The van der Waals surface area contributed by atoms with E-state index in [1.54, 1.807) is 20.1 Å². The number of nitrogen functional groups attached to an aromatic ring is 1. The summed E-state index contributed by atoms with van der Waals surface area (Å²) in [5, 5.41) is 16.8. The number of amidine groups is 1. The summed E-state index contributed by atoms with van der Waals surface area (Å²) in [6.45, 7) is 3.27. The average molecular weight is 265 g/mol. The molecule has 1 atom stereocenters. The molecule has 0 spiro atoms. The molecule has 0 saturated carbocycles. The van der Waals surface area contributed by atoms with Crippen molar-refractivity contribution in [3.05, 3.63) is 29.3 Å². The lowest BCUT2D eigenvalue weighted by Crippen LogP contribution is -2.22. The van der Waals surface area contributed by atoms with Gasteiger partial charge in [0.2, 0.25) is 0 Å². The summed E-state index contributed by atoms with van der Waals surface area (Å²) in [7, 11) is 3.62. The number of ether oxygens (including phenoxy) is 1. The number of nitrogens with zero attached hydrogens (tertiary/aromatic N) is 1. The molecule has 0 heterocycles. The molecule has 4 N–H and O–H groups in total. The van der Waals surface area contributed by atoms with Gasteiger partial charge in [-0.25, -0.2) is 0 Å². The van der Waals surface area contributed by atoms with Gasteiger partial charge < -0.3 is 20.5 Å². The summed E-state index contributed by atoms with van der Waals surface area (Å²) in [6, 6.07) is 5.48. The van der Waals surface area contributed by atoms with Crippen LogP contribution in [-0.2, 0) is 6.54 Å². The minimum absolute atomic E-state index is 0.0514. The van der Waals surface area contributed by atoms with Gasteiger partial charge in [-0.1, -0.05) is 0 Å². The Labute approximate surface area is 114 Å². The monoisotopic (exact) mass is 265 g/mol. The van der Waals surface area contributed by atoms with Gasteiger partial charge in [-0.05, 0) is 38.6 Å². The van der Waals surface area contributed by atoms with Gasteiger partial charge in [0.1, 0.15) is 11.6 Å². The smallest absolute Gasteiger partial charge is 0.123 e. The maximum atomic E-state index is 9.29. The first kappa shape index (κ1) is 15.5. The van der Waals surface area contributed by atoms with Crippen molar-refractivity contribution in [2.75, 3.05) is 20.7 Å². The first-order chi connectivity index (χ1) is 8.93. The number of hydrogen-bond donors (Lipinski definition) is 3. The molecule has 0 amide bonds. The minimum atomic E-state index is -0.298. The lowest BCUT2D eigenvalue weighted by molar-refractivity contribution is 0.162. The highest BCUT2D eigenvalue weighted by Gasteiger charge is 2.09. The van der Waals surface area contributed by atoms with Crippen LogP contribution in [0.3, 0.4) is 0 Å². The fourth-order valence-corrected chi connectivity index (χ4v) is 1.85. The fourth-order valence-electron chi connectivity index (χ4n) is 1.85. The zero-order chi connectivity index (χ0) is 14.4. The third-order valence-corrected chi connectivity index (χ3v) is 2.96. The maximum Gasteiger partial charge on any atom is 0.123 e. The summed E-state index contributed by atoms with van der Waals surface area (Å²) in [4.78, 5) is 2.11. The molecular weight excluding hydrogens is 242 g/mol. The molecule has 19 heavy (non-hydrogen) atoms. The highest BCUT2D eigenvalue weighted by atomic mass is 16.5. The predicted molar refractivity (Wildman–Crippen MR) is 76.6 cm³/mol. The summed E-state index contributed by atoms with van der Waals surface area (Å²) in [6.07, 6.45) is 0.429. The highest BCUT2D eigenvalue weighted by molar-refractivity contribution is 5.95.